The van der Waals surface area contributed by atoms with Gasteiger partial charge >= 0.3 is 6.18 Å². The van der Waals surface area contributed by atoms with Gasteiger partial charge in [-0.05, 0) is 51.0 Å². The quantitative estimate of drug-likeness (QED) is 0.413. The number of aromatic nitrogens is 5. The summed E-state index contributed by atoms with van der Waals surface area (Å²) in [5.41, 5.74) is 4.14. The van der Waals surface area contributed by atoms with Crippen molar-refractivity contribution in [2.45, 2.75) is 39.4 Å². The Balaban J connectivity index is 1.53. The molecule has 4 aromatic rings. The number of carbonyl (C=O) groups is 1. The van der Waals surface area contributed by atoms with Crippen molar-refractivity contribution in [2.75, 3.05) is 6.54 Å². The Morgan fingerprint density at radius 2 is 1.86 bits per heavy atom. The molecule has 3 aromatic heterocycles. The smallest absolute Gasteiger partial charge is 0.330 e. The molecule has 0 radical (unpaired) electrons. The molecule has 0 fully saturated rings. The first kappa shape index (κ1) is 23.1. The summed E-state index contributed by atoms with van der Waals surface area (Å²) in [6.45, 7) is 6.09. The van der Waals surface area contributed by atoms with E-state index in [2.05, 4.69) is 15.2 Å². The van der Waals surface area contributed by atoms with Crippen molar-refractivity contribution >= 4 is 16.8 Å². The minimum atomic E-state index is -4.55. The summed E-state index contributed by atoms with van der Waals surface area (Å²) in [4.78, 5) is 19.8. The number of benzene rings is 1. The molecule has 1 atom stereocenters. The largest absolute Gasteiger partial charge is 0.433 e. The first-order valence-corrected chi connectivity index (χ1v) is 11.3. The van der Waals surface area contributed by atoms with Crippen LogP contribution in [-0.4, -0.2) is 41.9 Å². The first-order valence-electron chi connectivity index (χ1n) is 11.3. The van der Waals surface area contributed by atoms with Crippen LogP contribution in [0.25, 0.3) is 22.2 Å². The van der Waals surface area contributed by atoms with Crippen molar-refractivity contribution in [3.05, 3.63) is 64.2 Å². The summed E-state index contributed by atoms with van der Waals surface area (Å²) in [6, 6.07) is 7.15. The van der Waals surface area contributed by atoms with Crippen LogP contribution < -0.4 is 0 Å². The molecule has 0 N–H and O–H groups in total. The topological polar surface area (TPSA) is 68.8 Å². The van der Waals surface area contributed by atoms with Gasteiger partial charge in [-0.25, -0.2) is 0 Å². The molecule has 7 nitrogen and oxygen atoms in total. The summed E-state index contributed by atoms with van der Waals surface area (Å²) in [5.74, 6) is -0.140. The maximum absolute atomic E-state index is 13.7. The second-order valence-corrected chi connectivity index (χ2v) is 9.11. The number of hydrogen-bond acceptors (Lipinski definition) is 4. The van der Waals surface area contributed by atoms with Gasteiger partial charge in [0.2, 0.25) is 0 Å². The van der Waals surface area contributed by atoms with E-state index in [0.29, 0.717) is 29.9 Å². The zero-order valence-corrected chi connectivity index (χ0v) is 20.1. The molecule has 0 bridgehead atoms. The molecule has 0 aliphatic carbocycles. The van der Waals surface area contributed by atoms with E-state index in [1.54, 1.807) is 11.9 Å². The summed E-state index contributed by atoms with van der Waals surface area (Å²) in [7, 11) is 2.90. The molecule has 0 saturated carbocycles. The predicted molar refractivity (Wildman–Crippen MR) is 125 cm³/mol. The van der Waals surface area contributed by atoms with E-state index in [4.69, 9.17) is 0 Å². The van der Waals surface area contributed by atoms with E-state index in [0.717, 1.165) is 32.4 Å². The van der Waals surface area contributed by atoms with Gasteiger partial charge in [0.25, 0.3) is 5.91 Å². The normalized spacial score (nSPS) is 16.1. The summed E-state index contributed by atoms with van der Waals surface area (Å²) < 4.78 is 43.6. The Labute approximate surface area is 200 Å². The predicted octanol–water partition coefficient (Wildman–Crippen LogP) is 4.76. The van der Waals surface area contributed by atoms with E-state index < -0.39 is 17.9 Å². The Morgan fingerprint density at radius 3 is 2.57 bits per heavy atom. The molecule has 35 heavy (non-hydrogen) atoms. The zero-order valence-electron chi connectivity index (χ0n) is 20.1. The summed E-state index contributed by atoms with van der Waals surface area (Å²) in [5, 5.41) is 9.30. The van der Waals surface area contributed by atoms with Crippen LogP contribution in [0.5, 0.6) is 0 Å². The SMILES string of the molecule is Cc1ccc2cc(C(=O)N3CCc4c(nn(C)c4-c4cnn(C)c4C(F)(F)F)[C@@H]3C)cc(C)c2n1. The van der Waals surface area contributed by atoms with Crippen LogP contribution in [-0.2, 0) is 26.7 Å². The monoisotopic (exact) mass is 482 g/mol. The Morgan fingerprint density at radius 1 is 1.11 bits per heavy atom. The summed E-state index contributed by atoms with van der Waals surface area (Å²) in [6.07, 6.45) is -2.93. The molecule has 10 heteroatoms. The van der Waals surface area contributed by atoms with Gasteiger partial charge in [0, 0.05) is 42.8 Å². The number of pyridine rings is 1. The zero-order chi connectivity index (χ0) is 25.2. The fourth-order valence-electron chi connectivity index (χ4n) is 5.11. The maximum Gasteiger partial charge on any atom is 0.433 e. The van der Waals surface area contributed by atoms with Gasteiger partial charge in [-0.1, -0.05) is 6.07 Å². The fraction of sp³-hybridized carbons (Fsp3) is 0.360. The van der Waals surface area contributed by atoms with Gasteiger partial charge in [-0.3, -0.25) is 19.1 Å². The second-order valence-electron chi connectivity index (χ2n) is 9.11. The lowest BCUT2D eigenvalue weighted by molar-refractivity contribution is -0.143. The van der Waals surface area contributed by atoms with Gasteiger partial charge in [0.05, 0.1) is 34.7 Å². The van der Waals surface area contributed by atoms with Crippen molar-refractivity contribution in [3.8, 4) is 11.3 Å². The highest BCUT2D eigenvalue weighted by Gasteiger charge is 2.41. The molecule has 5 rings (SSSR count). The molecule has 0 spiro atoms. The lowest BCUT2D eigenvalue weighted by Gasteiger charge is -2.33. The Kier molecular flexibility index (Phi) is 5.23. The molecule has 0 saturated heterocycles. The van der Waals surface area contributed by atoms with Crippen molar-refractivity contribution in [2.24, 2.45) is 14.1 Å². The number of nitrogens with zero attached hydrogens (tertiary/aromatic N) is 6. The van der Waals surface area contributed by atoms with Crippen LogP contribution >= 0.6 is 0 Å². The number of hydrogen-bond donors (Lipinski definition) is 0. The average molecular weight is 483 g/mol. The Bertz CT molecular complexity index is 1480. The number of rotatable bonds is 2. The van der Waals surface area contributed by atoms with Gasteiger partial charge in [-0.15, -0.1) is 0 Å². The number of amides is 1. The lowest BCUT2D eigenvalue weighted by Crippen LogP contribution is -2.39. The van der Waals surface area contributed by atoms with E-state index >= 15 is 0 Å². The number of alkyl halides is 3. The highest BCUT2D eigenvalue weighted by molar-refractivity contribution is 5.99. The molecular formula is C25H25F3N6O. The summed E-state index contributed by atoms with van der Waals surface area (Å²) >= 11 is 0. The average Bonchev–Trinajstić information content (AvgIpc) is 3.33. The van der Waals surface area contributed by atoms with E-state index in [9.17, 15) is 18.0 Å². The number of fused-ring (bicyclic) bond motifs is 2. The van der Waals surface area contributed by atoms with Crippen LogP contribution in [0.1, 0.15) is 51.5 Å². The van der Waals surface area contributed by atoms with Crippen molar-refractivity contribution in [1.82, 2.24) is 29.4 Å². The molecular weight excluding hydrogens is 457 g/mol. The third-order valence-corrected chi connectivity index (χ3v) is 6.73. The molecule has 1 aromatic carbocycles. The minimum absolute atomic E-state index is 0.00354. The fourth-order valence-corrected chi connectivity index (χ4v) is 5.11. The third kappa shape index (κ3) is 3.67. The molecule has 1 aliphatic rings. The molecule has 1 aliphatic heterocycles. The highest BCUT2D eigenvalue weighted by atomic mass is 19.4. The first-order chi connectivity index (χ1) is 16.5. The van der Waals surface area contributed by atoms with E-state index in [1.807, 2.05) is 45.0 Å². The van der Waals surface area contributed by atoms with Gasteiger partial charge in [-0.2, -0.15) is 23.4 Å². The van der Waals surface area contributed by atoms with E-state index in [-0.39, 0.29) is 11.5 Å². The molecule has 0 unspecified atom stereocenters. The van der Waals surface area contributed by atoms with Gasteiger partial charge in [0.1, 0.15) is 0 Å². The van der Waals surface area contributed by atoms with Crippen LogP contribution in [0.15, 0.2) is 30.5 Å². The number of aryl methyl sites for hydroxylation is 4. The van der Waals surface area contributed by atoms with Crippen molar-refractivity contribution in [1.29, 1.82) is 0 Å². The van der Waals surface area contributed by atoms with Gasteiger partial charge in [0.15, 0.2) is 5.69 Å². The Hall–Kier alpha value is -3.69. The molecule has 1 amide bonds. The molecule has 4 heterocycles. The van der Waals surface area contributed by atoms with Crippen molar-refractivity contribution in [3.63, 3.8) is 0 Å². The standard InChI is InChI=1S/C25H25F3N6O/c1-13-10-17(11-16-7-6-14(2)30-20(13)16)24(35)34-9-8-18-21(15(34)3)31-32(4)22(18)19-12-29-33(5)23(19)25(26,27)28/h6-7,10-12,15H,8-9H2,1-5H3/t15-/m0/s1. The molecule has 182 valence electrons. The van der Waals surface area contributed by atoms with Crippen LogP contribution in [0.2, 0.25) is 0 Å². The lowest BCUT2D eigenvalue weighted by atomic mass is 9.94. The van der Waals surface area contributed by atoms with Crippen LogP contribution in [0.3, 0.4) is 0 Å². The maximum atomic E-state index is 13.7. The van der Waals surface area contributed by atoms with Gasteiger partial charge < -0.3 is 4.90 Å². The minimum Gasteiger partial charge on any atom is -0.330 e. The van der Waals surface area contributed by atoms with Crippen molar-refractivity contribution < 1.29 is 18.0 Å². The third-order valence-electron chi connectivity index (χ3n) is 6.73. The van der Waals surface area contributed by atoms with Crippen LogP contribution in [0, 0.1) is 13.8 Å². The number of halogens is 3. The van der Waals surface area contributed by atoms with Crippen LogP contribution in [0.4, 0.5) is 13.2 Å². The second kappa shape index (κ2) is 7.93. The highest BCUT2D eigenvalue weighted by Crippen LogP contribution is 2.41. The van der Waals surface area contributed by atoms with E-state index in [1.165, 1.54) is 17.9 Å². The number of carbonyl (C=O) groups excluding carboxylic acids is 1.